The maximum Gasteiger partial charge on any atom is 0.329 e. The van der Waals surface area contributed by atoms with E-state index in [2.05, 4.69) is 15.8 Å². The molecular weight excluding hydrogens is 346 g/mol. The van der Waals surface area contributed by atoms with Gasteiger partial charge in [-0.15, -0.1) is 0 Å². The molecule has 130 valence electrons. The minimum atomic E-state index is -0.960. The zero-order valence-electron chi connectivity index (χ0n) is 13.5. The predicted molar refractivity (Wildman–Crippen MR) is 95.2 cm³/mol. The number of methoxy groups -OCH3 is 1. The molecule has 0 aromatic heterocycles. The van der Waals surface area contributed by atoms with Crippen molar-refractivity contribution in [3.05, 3.63) is 52.5 Å². The fourth-order valence-corrected chi connectivity index (χ4v) is 2.07. The standard InChI is InChI=1S/C17H16ClN3O4/c1-10-13(18)4-3-5-14(10)20-16(23)17(24)21-19-9-11-8-12(25-2)6-7-15(11)22/h3-9,22H,1-2H3,(H,20,23)(H,21,24). The first-order valence-electron chi connectivity index (χ1n) is 7.19. The lowest BCUT2D eigenvalue weighted by Crippen LogP contribution is -2.32. The number of carbonyl (C=O) groups is 2. The molecule has 25 heavy (non-hydrogen) atoms. The summed E-state index contributed by atoms with van der Waals surface area (Å²) in [6, 6.07) is 9.50. The van der Waals surface area contributed by atoms with Gasteiger partial charge in [-0.3, -0.25) is 9.59 Å². The molecule has 0 aliphatic heterocycles. The average Bonchev–Trinajstić information content (AvgIpc) is 2.60. The van der Waals surface area contributed by atoms with E-state index in [1.807, 2.05) is 0 Å². The monoisotopic (exact) mass is 361 g/mol. The molecule has 2 amide bonds. The SMILES string of the molecule is COc1ccc(O)c(C=NNC(=O)C(=O)Nc2cccc(Cl)c2C)c1. The van der Waals surface area contributed by atoms with Gasteiger partial charge in [0.05, 0.1) is 13.3 Å². The second kappa shape index (κ2) is 8.16. The molecule has 0 atom stereocenters. The third-order valence-electron chi connectivity index (χ3n) is 3.33. The molecule has 2 aromatic carbocycles. The number of aromatic hydroxyl groups is 1. The molecule has 3 N–H and O–H groups in total. The van der Waals surface area contributed by atoms with Crippen molar-refractivity contribution >= 4 is 35.3 Å². The van der Waals surface area contributed by atoms with Gasteiger partial charge in [0.15, 0.2) is 0 Å². The summed E-state index contributed by atoms with van der Waals surface area (Å²) in [5.74, 6) is -1.38. The third-order valence-corrected chi connectivity index (χ3v) is 3.74. The number of rotatable bonds is 4. The number of benzene rings is 2. The topological polar surface area (TPSA) is 100 Å². The highest BCUT2D eigenvalue weighted by atomic mass is 35.5. The van der Waals surface area contributed by atoms with Gasteiger partial charge in [-0.2, -0.15) is 5.10 Å². The molecule has 0 bridgehead atoms. The molecule has 7 nitrogen and oxygen atoms in total. The molecule has 2 aromatic rings. The maximum atomic E-state index is 11.9. The van der Waals surface area contributed by atoms with E-state index in [0.29, 0.717) is 27.6 Å². The van der Waals surface area contributed by atoms with Crippen molar-refractivity contribution in [2.75, 3.05) is 12.4 Å². The highest BCUT2D eigenvalue weighted by Gasteiger charge is 2.14. The van der Waals surface area contributed by atoms with E-state index in [1.54, 1.807) is 31.2 Å². The highest BCUT2D eigenvalue weighted by Crippen LogP contribution is 2.23. The van der Waals surface area contributed by atoms with Crippen LogP contribution >= 0.6 is 11.6 Å². The van der Waals surface area contributed by atoms with Crippen molar-refractivity contribution in [2.45, 2.75) is 6.92 Å². The van der Waals surface area contributed by atoms with Crippen LogP contribution in [0, 0.1) is 6.92 Å². The smallest absolute Gasteiger partial charge is 0.329 e. The molecule has 0 fully saturated rings. The molecule has 0 radical (unpaired) electrons. The van der Waals surface area contributed by atoms with Crippen LogP contribution in [0.5, 0.6) is 11.5 Å². The van der Waals surface area contributed by atoms with E-state index in [0.717, 1.165) is 0 Å². The number of hydrogen-bond donors (Lipinski definition) is 3. The van der Waals surface area contributed by atoms with Gasteiger partial charge in [0.2, 0.25) is 0 Å². The second-order valence-electron chi connectivity index (χ2n) is 4.99. The summed E-state index contributed by atoms with van der Waals surface area (Å²) in [7, 11) is 1.48. The molecule has 0 heterocycles. The summed E-state index contributed by atoms with van der Waals surface area (Å²) < 4.78 is 5.03. The molecule has 0 aliphatic rings. The molecular formula is C17H16ClN3O4. The first kappa shape index (κ1) is 18.3. The van der Waals surface area contributed by atoms with Crippen LogP contribution in [0.3, 0.4) is 0 Å². The minimum Gasteiger partial charge on any atom is -0.507 e. The average molecular weight is 362 g/mol. The van der Waals surface area contributed by atoms with Crippen molar-refractivity contribution in [2.24, 2.45) is 5.10 Å². The lowest BCUT2D eigenvalue weighted by atomic mass is 10.2. The minimum absolute atomic E-state index is 0.0437. The van der Waals surface area contributed by atoms with E-state index in [-0.39, 0.29) is 5.75 Å². The summed E-state index contributed by atoms with van der Waals surface area (Å²) in [4.78, 5) is 23.7. The Kier molecular flexibility index (Phi) is 5.97. The number of carbonyl (C=O) groups excluding carboxylic acids is 2. The molecule has 0 unspecified atom stereocenters. The van der Waals surface area contributed by atoms with Crippen molar-refractivity contribution in [1.29, 1.82) is 0 Å². The van der Waals surface area contributed by atoms with Gasteiger partial charge in [-0.1, -0.05) is 17.7 Å². The van der Waals surface area contributed by atoms with E-state index in [4.69, 9.17) is 16.3 Å². The molecule has 2 rings (SSSR count). The predicted octanol–water partition coefficient (Wildman–Crippen LogP) is 2.45. The quantitative estimate of drug-likeness (QED) is 0.442. The van der Waals surface area contributed by atoms with Crippen LogP contribution in [-0.2, 0) is 9.59 Å². The Bertz CT molecular complexity index is 837. The Balaban J connectivity index is 2.00. The molecule has 0 spiro atoms. The Hall–Kier alpha value is -3.06. The van der Waals surface area contributed by atoms with Crippen LogP contribution in [0.2, 0.25) is 5.02 Å². The van der Waals surface area contributed by atoms with Crippen LogP contribution in [0.15, 0.2) is 41.5 Å². The summed E-state index contributed by atoms with van der Waals surface area (Å²) in [5.41, 5.74) is 3.49. The Labute approximate surface area is 149 Å². The van der Waals surface area contributed by atoms with Gasteiger partial charge < -0.3 is 15.2 Å². The lowest BCUT2D eigenvalue weighted by molar-refractivity contribution is -0.136. The first-order chi connectivity index (χ1) is 11.9. The Morgan fingerprint density at radius 1 is 1.24 bits per heavy atom. The lowest BCUT2D eigenvalue weighted by Gasteiger charge is -2.08. The van der Waals surface area contributed by atoms with Crippen LogP contribution < -0.4 is 15.5 Å². The number of hydrogen-bond acceptors (Lipinski definition) is 5. The Morgan fingerprint density at radius 2 is 2.00 bits per heavy atom. The maximum absolute atomic E-state index is 11.9. The van der Waals surface area contributed by atoms with E-state index in [9.17, 15) is 14.7 Å². The molecule has 0 saturated carbocycles. The third kappa shape index (κ3) is 4.71. The van der Waals surface area contributed by atoms with Crippen LogP contribution in [0.25, 0.3) is 0 Å². The van der Waals surface area contributed by atoms with E-state index < -0.39 is 11.8 Å². The number of ether oxygens (including phenoxy) is 1. The van der Waals surface area contributed by atoms with Gasteiger partial charge >= 0.3 is 11.8 Å². The number of halogens is 1. The van der Waals surface area contributed by atoms with Gasteiger partial charge in [0, 0.05) is 16.3 Å². The van der Waals surface area contributed by atoms with Crippen molar-refractivity contribution in [1.82, 2.24) is 5.43 Å². The molecule has 0 saturated heterocycles. The number of nitrogens with zero attached hydrogens (tertiary/aromatic N) is 1. The van der Waals surface area contributed by atoms with Crippen LogP contribution in [-0.4, -0.2) is 30.2 Å². The normalized spacial score (nSPS) is 10.5. The number of amides is 2. The van der Waals surface area contributed by atoms with Crippen molar-refractivity contribution in [3.8, 4) is 11.5 Å². The van der Waals surface area contributed by atoms with Gasteiger partial charge in [0.25, 0.3) is 0 Å². The number of phenols is 1. The zero-order valence-corrected chi connectivity index (χ0v) is 14.3. The second-order valence-corrected chi connectivity index (χ2v) is 5.40. The Morgan fingerprint density at radius 3 is 2.72 bits per heavy atom. The summed E-state index contributed by atoms with van der Waals surface area (Å²) >= 11 is 5.96. The number of hydrazone groups is 1. The van der Waals surface area contributed by atoms with E-state index >= 15 is 0 Å². The summed E-state index contributed by atoms with van der Waals surface area (Å²) in [5, 5.41) is 16.3. The van der Waals surface area contributed by atoms with Crippen LogP contribution in [0.4, 0.5) is 5.69 Å². The highest BCUT2D eigenvalue weighted by molar-refractivity contribution is 6.40. The first-order valence-corrected chi connectivity index (χ1v) is 7.56. The van der Waals surface area contributed by atoms with Gasteiger partial charge in [-0.25, -0.2) is 5.43 Å². The van der Waals surface area contributed by atoms with Gasteiger partial charge in [-0.05, 0) is 42.8 Å². The van der Waals surface area contributed by atoms with Crippen LogP contribution in [0.1, 0.15) is 11.1 Å². The van der Waals surface area contributed by atoms with E-state index in [1.165, 1.54) is 25.5 Å². The fraction of sp³-hybridized carbons (Fsp3) is 0.118. The number of anilines is 1. The number of nitrogens with one attached hydrogen (secondary N) is 2. The van der Waals surface area contributed by atoms with Crippen molar-refractivity contribution < 1.29 is 19.4 Å². The molecule has 0 aliphatic carbocycles. The number of phenolic OH excluding ortho intramolecular Hbond substituents is 1. The fourth-order valence-electron chi connectivity index (χ4n) is 1.90. The van der Waals surface area contributed by atoms with Gasteiger partial charge in [0.1, 0.15) is 11.5 Å². The zero-order chi connectivity index (χ0) is 18.4. The summed E-state index contributed by atoms with van der Waals surface area (Å²) in [6.45, 7) is 1.72. The largest absolute Gasteiger partial charge is 0.507 e. The summed E-state index contributed by atoms with van der Waals surface area (Å²) in [6.07, 6.45) is 1.20. The molecule has 8 heteroatoms. The van der Waals surface area contributed by atoms with Crippen molar-refractivity contribution in [3.63, 3.8) is 0 Å².